The van der Waals surface area contributed by atoms with Gasteiger partial charge in [-0.3, -0.25) is 0 Å². The molecule has 2 rings (SSSR count). The van der Waals surface area contributed by atoms with Gasteiger partial charge >= 0.3 is 5.97 Å². The second-order valence-electron chi connectivity index (χ2n) is 5.74. The number of benzene rings is 1. The maximum Gasteiger partial charge on any atom is 0.347 e. The van der Waals surface area contributed by atoms with Crippen molar-refractivity contribution >= 4 is 28.5 Å². The molecule has 0 fully saturated rings. The van der Waals surface area contributed by atoms with E-state index in [1.165, 1.54) is 6.07 Å². The first-order chi connectivity index (χ1) is 12.2. The molecule has 0 amide bonds. The van der Waals surface area contributed by atoms with Gasteiger partial charge in [-0.25, -0.2) is 14.2 Å². The van der Waals surface area contributed by atoms with E-state index in [-0.39, 0.29) is 10.5 Å². The van der Waals surface area contributed by atoms with Gasteiger partial charge < -0.3 is 5.11 Å². The SMILES string of the molecule is C=C(C#N)/C(=C\C=C(/C)c1nc(C)c(C(=O)O)s1)c1cc(C)ccc1F. The molecule has 1 aromatic carbocycles. The van der Waals surface area contributed by atoms with E-state index < -0.39 is 11.8 Å². The number of aromatic carboxylic acids is 1. The summed E-state index contributed by atoms with van der Waals surface area (Å²) in [5, 5.41) is 18.9. The fraction of sp³-hybridized carbons (Fsp3) is 0.150. The first-order valence-corrected chi connectivity index (χ1v) is 8.51. The van der Waals surface area contributed by atoms with Crippen molar-refractivity contribution in [3.8, 4) is 6.07 Å². The summed E-state index contributed by atoms with van der Waals surface area (Å²) in [7, 11) is 0. The molecule has 0 saturated carbocycles. The van der Waals surface area contributed by atoms with Gasteiger partial charge in [0.15, 0.2) is 0 Å². The van der Waals surface area contributed by atoms with Gasteiger partial charge in [-0.2, -0.15) is 5.26 Å². The van der Waals surface area contributed by atoms with Crippen LogP contribution < -0.4 is 0 Å². The van der Waals surface area contributed by atoms with Crippen LogP contribution >= 0.6 is 11.3 Å². The van der Waals surface area contributed by atoms with Crippen LogP contribution in [0.4, 0.5) is 4.39 Å². The number of allylic oxidation sites excluding steroid dienone is 5. The van der Waals surface area contributed by atoms with Crippen LogP contribution in [0.25, 0.3) is 11.1 Å². The Morgan fingerprint density at radius 1 is 1.38 bits per heavy atom. The summed E-state index contributed by atoms with van der Waals surface area (Å²) >= 11 is 1.07. The summed E-state index contributed by atoms with van der Waals surface area (Å²) in [4.78, 5) is 15.6. The summed E-state index contributed by atoms with van der Waals surface area (Å²) in [6.45, 7) is 8.95. The van der Waals surface area contributed by atoms with Crippen LogP contribution in [-0.2, 0) is 0 Å². The Balaban J connectivity index is 2.51. The highest BCUT2D eigenvalue weighted by molar-refractivity contribution is 7.14. The number of hydrogen-bond donors (Lipinski definition) is 1. The molecule has 1 heterocycles. The van der Waals surface area contributed by atoms with Gasteiger partial charge in [0.25, 0.3) is 0 Å². The highest BCUT2D eigenvalue weighted by Gasteiger charge is 2.15. The van der Waals surface area contributed by atoms with Crippen LogP contribution in [0.2, 0.25) is 0 Å². The van der Waals surface area contributed by atoms with Gasteiger partial charge in [0.2, 0.25) is 0 Å². The van der Waals surface area contributed by atoms with Crippen molar-refractivity contribution in [3.05, 3.63) is 75.0 Å². The summed E-state index contributed by atoms with van der Waals surface area (Å²) in [6.07, 6.45) is 3.29. The molecule has 0 spiro atoms. The molecule has 132 valence electrons. The fourth-order valence-electron chi connectivity index (χ4n) is 2.30. The molecule has 0 aliphatic heterocycles. The van der Waals surface area contributed by atoms with E-state index in [1.807, 2.05) is 13.0 Å². The molecular formula is C20H17FN2O2S. The third-order valence-electron chi connectivity index (χ3n) is 3.70. The summed E-state index contributed by atoms with van der Waals surface area (Å²) in [5.41, 5.74) is 2.82. The predicted octanol–water partition coefficient (Wildman–Crippen LogP) is 5.16. The van der Waals surface area contributed by atoms with E-state index in [1.54, 1.807) is 38.1 Å². The quantitative estimate of drug-likeness (QED) is 0.584. The monoisotopic (exact) mass is 368 g/mol. The number of rotatable bonds is 5. The second kappa shape index (κ2) is 7.89. The van der Waals surface area contributed by atoms with Crippen molar-refractivity contribution in [1.82, 2.24) is 4.98 Å². The van der Waals surface area contributed by atoms with Gasteiger partial charge in [-0.05, 0) is 38.5 Å². The Morgan fingerprint density at radius 3 is 2.65 bits per heavy atom. The van der Waals surface area contributed by atoms with Crippen molar-refractivity contribution in [2.75, 3.05) is 0 Å². The number of aryl methyl sites for hydroxylation is 2. The zero-order chi connectivity index (χ0) is 19.4. The third-order valence-corrected chi connectivity index (χ3v) is 4.98. The molecule has 2 aromatic rings. The van der Waals surface area contributed by atoms with Crippen LogP contribution in [0.5, 0.6) is 0 Å². The molecule has 0 bridgehead atoms. The van der Waals surface area contributed by atoms with Crippen LogP contribution in [-0.4, -0.2) is 16.1 Å². The topological polar surface area (TPSA) is 74.0 Å². The van der Waals surface area contributed by atoms with Gasteiger partial charge in [-0.1, -0.05) is 30.4 Å². The molecule has 1 N–H and O–H groups in total. The lowest BCUT2D eigenvalue weighted by atomic mass is 9.97. The van der Waals surface area contributed by atoms with Crippen LogP contribution in [0.1, 0.15) is 38.4 Å². The third kappa shape index (κ3) is 4.13. The number of carbonyl (C=O) groups is 1. The summed E-state index contributed by atoms with van der Waals surface area (Å²) in [6, 6.07) is 6.61. The number of carboxylic acids is 1. The average molecular weight is 368 g/mol. The molecule has 26 heavy (non-hydrogen) atoms. The lowest BCUT2D eigenvalue weighted by Gasteiger charge is -2.08. The van der Waals surface area contributed by atoms with Gasteiger partial charge in [-0.15, -0.1) is 11.3 Å². The first kappa shape index (κ1) is 19.3. The molecule has 0 radical (unpaired) electrons. The van der Waals surface area contributed by atoms with E-state index in [0.717, 1.165) is 16.9 Å². The van der Waals surface area contributed by atoms with Crippen LogP contribution in [0.3, 0.4) is 0 Å². The highest BCUT2D eigenvalue weighted by Crippen LogP contribution is 2.28. The molecule has 0 unspecified atom stereocenters. The number of hydrogen-bond acceptors (Lipinski definition) is 4. The first-order valence-electron chi connectivity index (χ1n) is 7.70. The number of nitriles is 1. The largest absolute Gasteiger partial charge is 0.477 e. The molecule has 0 atom stereocenters. The van der Waals surface area contributed by atoms with Crippen LogP contribution in [0, 0.1) is 31.0 Å². The minimum atomic E-state index is -1.02. The van der Waals surface area contributed by atoms with Crippen molar-refractivity contribution in [1.29, 1.82) is 5.26 Å². The highest BCUT2D eigenvalue weighted by atomic mass is 32.1. The van der Waals surface area contributed by atoms with Crippen molar-refractivity contribution in [3.63, 3.8) is 0 Å². The Morgan fingerprint density at radius 2 is 2.08 bits per heavy atom. The maximum absolute atomic E-state index is 14.2. The van der Waals surface area contributed by atoms with E-state index in [9.17, 15) is 14.4 Å². The maximum atomic E-state index is 14.2. The van der Waals surface area contributed by atoms with E-state index >= 15 is 0 Å². The second-order valence-corrected chi connectivity index (χ2v) is 6.74. The number of halogens is 1. The number of carboxylic acid groups (broad SMARTS) is 1. The smallest absolute Gasteiger partial charge is 0.347 e. The minimum absolute atomic E-state index is 0.139. The van der Waals surface area contributed by atoms with E-state index in [4.69, 9.17) is 5.11 Å². The van der Waals surface area contributed by atoms with Crippen molar-refractivity contribution in [2.24, 2.45) is 0 Å². The van der Waals surface area contributed by atoms with Gasteiger partial charge in [0.1, 0.15) is 15.7 Å². The Hall–Kier alpha value is -3.04. The molecule has 4 nitrogen and oxygen atoms in total. The zero-order valence-electron chi connectivity index (χ0n) is 14.6. The zero-order valence-corrected chi connectivity index (χ0v) is 15.4. The molecule has 6 heteroatoms. The number of nitrogens with zero attached hydrogens (tertiary/aromatic N) is 2. The number of thiazole rings is 1. The summed E-state index contributed by atoms with van der Waals surface area (Å²) < 4.78 is 14.2. The standard InChI is InChI=1S/C20H17FN2O2S/c1-11-5-8-17(21)16(9-11)15(13(3)10-22)7-6-12(2)19-23-14(4)18(26-19)20(24)25/h5-9H,3H2,1-2,4H3,(H,24,25)/b12-6+,15-7+. The van der Waals surface area contributed by atoms with Crippen molar-refractivity contribution in [2.45, 2.75) is 20.8 Å². The summed E-state index contributed by atoms with van der Waals surface area (Å²) in [5.74, 6) is -1.46. The Bertz CT molecular complexity index is 994. The van der Waals surface area contributed by atoms with Crippen LogP contribution in [0.15, 0.2) is 42.5 Å². The minimum Gasteiger partial charge on any atom is -0.477 e. The van der Waals surface area contributed by atoms with E-state index in [2.05, 4.69) is 11.6 Å². The molecule has 0 aliphatic carbocycles. The average Bonchev–Trinajstić information content (AvgIpc) is 2.99. The fourth-order valence-corrected chi connectivity index (χ4v) is 3.19. The van der Waals surface area contributed by atoms with Gasteiger partial charge in [0, 0.05) is 11.1 Å². The van der Waals surface area contributed by atoms with Crippen molar-refractivity contribution < 1.29 is 14.3 Å². The number of aromatic nitrogens is 1. The molecular weight excluding hydrogens is 351 g/mol. The Labute approximate surface area is 155 Å². The van der Waals surface area contributed by atoms with Gasteiger partial charge in [0.05, 0.1) is 17.3 Å². The molecule has 1 aromatic heterocycles. The predicted molar refractivity (Wildman–Crippen MR) is 101 cm³/mol. The normalized spacial score (nSPS) is 12.0. The lowest BCUT2D eigenvalue weighted by molar-refractivity contribution is 0.0701. The lowest BCUT2D eigenvalue weighted by Crippen LogP contribution is -1.94. The molecule has 0 aliphatic rings. The Kier molecular flexibility index (Phi) is 5.86. The molecule has 0 saturated heterocycles. The van der Waals surface area contributed by atoms with E-state index in [0.29, 0.717) is 27.4 Å².